The van der Waals surface area contributed by atoms with E-state index < -0.39 is 13.0 Å². The summed E-state index contributed by atoms with van der Waals surface area (Å²) < 4.78 is 31.0. The minimum absolute atomic E-state index is 0.247. The number of aromatic nitrogens is 2. The molecule has 0 radical (unpaired) electrons. The van der Waals surface area contributed by atoms with E-state index in [1.807, 2.05) is 25.1 Å². The van der Waals surface area contributed by atoms with Crippen molar-refractivity contribution in [3.8, 4) is 0 Å². The molecule has 20 heavy (non-hydrogen) atoms. The van der Waals surface area contributed by atoms with E-state index in [2.05, 4.69) is 9.55 Å². The van der Waals surface area contributed by atoms with Crippen LogP contribution in [0.5, 0.6) is 0 Å². The van der Waals surface area contributed by atoms with Crippen LogP contribution in [0.1, 0.15) is 18.3 Å². The topological polar surface area (TPSA) is 53.1 Å². The van der Waals surface area contributed by atoms with Gasteiger partial charge in [-0.1, -0.05) is 6.07 Å². The van der Waals surface area contributed by atoms with Crippen molar-refractivity contribution in [1.82, 2.24) is 9.55 Å². The van der Waals surface area contributed by atoms with E-state index in [1.165, 1.54) is 0 Å². The van der Waals surface area contributed by atoms with Crippen LogP contribution in [0.2, 0.25) is 0 Å². The fourth-order valence-electron chi connectivity index (χ4n) is 2.23. The molecule has 0 aliphatic carbocycles. The van der Waals surface area contributed by atoms with Gasteiger partial charge in [0.1, 0.15) is 12.4 Å². The first-order chi connectivity index (χ1) is 9.65. The van der Waals surface area contributed by atoms with Crippen LogP contribution < -0.4 is 5.73 Å². The molecule has 0 aliphatic heterocycles. The van der Waals surface area contributed by atoms with E-state index >= 15 is 0 Å². The molecule has 4 nitrogen and oxygen atoms in total. The summed E-state index contributed by atoms with van der Waals surface area (Å²) in [7, 11) is 0. The molecular weight excluding hydrogens is 264 g/mol. The first-order valence-corrected chi connectivity index (χ1v) is 6.69. The van der Waals surface area contributed by atoms with Crippen LogP contribution in [0.3, 0.4) is 0 Å². The predicted octanol–water partition coefficient (Wildman–Crippen LogP) is 2.34. The fraction of sp³-hybridized carbons (Fsp3) is 0.500. The van der Waals surface area contributed by atoms with Gasteiger partial charge in [0.25, 0.3) is 6.43 Å². The lowest BCUT2D eigenvalue weighted by Gasteiger charge is -2.06. The van der Waals surface area contributed by atoms with E-state index in [4.69, 9.17) is 10.5 Å². The Labute approximate surface area is 116 Å². The third-order valence-electron chi connectivity index (χ3n) is 3.16. The Morgan fingerprint density at radius 3 is 2.85 bits per heavy atom. The summed E-state index contributed by atoms with van der Waals surface area (Å²) in [6.07, 6.45) is -1.90. The molecule has 110 valence electrons. The smallest absolute Gasteiger partial charge is 0.261 e. The van der Waals surface area contributed by atoms with Crippen molar-refractivity contribution in [2.24, 2.45) is 5.73 Å². The van der Waals surface area contributed by atoms with Crippen LogP contribution in [0.25, 0.3) is 11.0 Å². The highest BCUT2D eigenvalue weighted by atomic mass is 19.3. The van der Waals surface area contributed by atoms with Crippen LogP contribution in [0, 0.1) is 0 Å². The maximum absolute atomic E-state index is 12.0. The third kappa shape index (κ3) is 3.32. The number of nitrogens with two attached hydrogens (primary N) is 1. The van der Waals surface area contributed by atoms with Gasteiger partial charge in [-0.15, -0.1) is 0 Å². The second-order valence-corrected chi connectivity index (χ2v) is 4.52. The van der Waals surface area contributed by atoms with Crippen molar-refractivity contribution >= 4 is 11.0 Å². The summed E-state index contributed by atoms with van der Waals surface area (Å²) in [5.41, 5.74) is 8.57. The number of alkyl halides is 2. The molecule has 0 spiro atoms. The number of fused-ring (bicyclic) bond motifs is 1. The van der Waals surface area contributed by atoms with E-state index in [-0.39, 0.29) is 6.61 Å². The molecule has 0 atom stereocenters. The van der Waals surface area contributed by atoms with Gasteiger partial charge in [-0.05, 0) is 24.6 Å². The van der Waals surface area contributed by atoms with Crippen LogP contribution >= 0.6 is 0 Å². The maximum atomic E-state index is 12.0. The molecule has 0 bridgehead atoms. The summed E-state index contributed by atoms with van der Waals surface area (Å²) in [6, 6.07) is 5.94. The first kappa shape index (κ1) is 14.9. The average Bonchev–Trinajstić information content (AvgIpc) is 2.79. The van der Waals surface area contributed by atoms with Crippen LogP contribution in [-0.4, -0.2) is 29.2 Å². The number of imidazole rings is 1. The molecule has 0 fully saturated rings. The highest BCUT2D eigenvalue weighted by Gasteiger charge is 2.10. The SMILES string of the molecule is CCn1c(CCOCC(F)F)nc2cc(CN)ccc21. The highest BCUT2D eigenvalue weighted by Crippen LogP contribution is 2.18. The fourth-order valence-corrected chi connectivity index (χ4v) is 2.23. The number of hydrogen-bond donors (Lipinski definition) is 1. The number of hydrogen-bond acceptors (Lipinski definition) is 3. The van der Waals surface area contributed by atoms with Gasteiger partial charge in [0.05, 0.1) is 17.6 Å². The second kappa shape index (κ2) is 6.76. The number of rotatable bonds is 7. The number of halogens is 2. The van der Waals surface area contributed by atoms with Crippen LogP contribution in [0.4, 0.5) is 8.78 Å². The van der Waals surface area contributed by atoms with Crippen molar-refractivity contribution in [2.75, 3.05) is 13.2 Å². The highest BCUT2D eigenvalue weighted by molar-refractivity contribution is 5.77. The van der Waals surface area contributed by atoms with Gasteiger partial charge >= 0.3 is 0 Å². The minimum atomic E-state index is -2.42. The van der Waals surface area contributed by atoms with Crippen molar-refractivity contribution in [1.29, 1.82) is 0 Å². The summed E-state index contributed by atoms with van der Waals surface area (Å²) in [5.74, 6) is 0.853. The van der Waals surface area contributed by atoms with E-state index in [9.17, 15) is 8.78 Å². The van der Waals surface area contributed by atoms with E-state index in [0.29, 0.717) is 13.0 Å². The number of nitrogens with zero attached hydrogens (tertiary/aromatic N) is 2. The van der Waals surface area contributed by atoms with Crippen molar-refractivity contribution in [3.63, 3.8) is 0 Å². The largest absolute Gasteiger partial charge is 0.375 e. The Morgan fingerprint density at radius 1 is 1.40 bits per heavy atom. The van der Waals surface area contributed by atoms with E-state index in [1.54, 1.807) is 0 Å². The number of benzene rings is 1. The Balaban J connectivity index is 2.15. The Morgan fingerprint density at radius 2 is 2.20 bits per heavy atom. The maximum Gasteiger partial charge on any atom is 0.261 e. The normalized spacial score (nSPS) is 11.7. The van der Waals surface area contributed by atoms with Gasteiger partial charge < -0.3 is 15.0 Å². The molecule has 1 aromatic heterocycles. The predicted molar refractivity (Wildman–Crippen MR) is 73.8 cm³/mol. The number of ether oxygens (including phenoxy) is 1. The quantitative estimate of drug-likeness (QED) is 0.794. The zero-order chi connectivity index (χ0) is 14.5. The van der Waals surface area contributed by atoms with Gasteiger partial charge in [0.15, 0.2) is 0 Å². The summed E-state index contributed by atoms with van der Waals surface area (Å²) in [4.78, 5) is 4.55. The van der Waals surface area contributed by atoms with Gasteiger partial charge in [-0.2, -0.15) is 0 Å². The molecule has 2 aromatic rings. The third-order valence-corrected chi connectivity index (χ3v) is 3.16. The standard InChI is InChI=1S/C14H19F2N3O/c1-2-19-12-4-3-10(8-17)7-11(12)18-14(19)5-6-20-9-13(15)16/h3-4,7,13H,2,5-6,8-9,17H2,1H3. The van der Waals surface area contributed by atoms with E-state index in [0.717, 1.165) is 29.0 Å². The molecule has 1 heterocycles. The van der Waals surface area contributed by atoms with Crippen LogP contribution in [-0.2, 0) is 24.2 Å². The van der Waals surface area contributed by atoms with Crippen molar-refractivity contribution in [2.45, 2.75) is 32.9 Å². The minimum Gasteiger partial charge on any atom is -0.375 e. The van der Waals surface area contributed by atoms with Gasteiger partial charge in [-0.3, -0.25) is 0 Å². The second-order valence-electron chi connectivity index (χ2n) is 4.52. The molecule has 0 aliphatic rings. The first-order valence-electron chi connectivity index (χ1n) is 6.69. The van der Waals surface area contributed by atoms with Crippen molar-refractivity contribution in [3.05, 3.63) is 29.6 Å². The molecule has 2 rings (SSSR count). The van der Waals surface area contributed by atoms with Crippen molar-refractivity contribution < 1.29 is 13.5 Å². The Bertz CT molecular complexity index is 569. The molecule has 6 heteroatoms. The Hall–Kier alpha value is -1.53. The monoisotopic (exact) mass is 283 g/mol. The molecule has 0 unspecified atom stereocenters. The zero-order valence-electron chi connectivity index (χ0n) is 11.5. The molecule has 0 saturated heterocycles. The number of aryl methyl sites for hydroxylation is 1. The van der Waals surface area contributed by atoms with Gasteiger partial charge in [-0.25, -0.2) is 13.8 Å². The average molecular weight is 283 g/mol. The lowest BCUT2D eigenvalue weighted by Crippen LogP contribution is -2.10. The summed E-state index contributed by atoms with van der Waals surface area (Å²) in [6.45, 7) is 3.01. The lowest BCUT2D eigenvalue weighted by atomic mass is 10.2. The Kier molecular flexibility index (Phi) is 5.03. The van der Waals surface area contributed by atoms with Gasteiger partial charge in [0, 0.05) is 19.5 Å². The van der Waals surface area contributed by atoms with Crippen LogP contribution in [0.15, 0.2) is 18.2 Å². The molecule has 1 aromatic carbocycles. The van der Waals surface area contributed by atoms with Gasteiger partial charge in [0.2, 0.25) is 0 Å². The summed E-state index contributed by atoms with van der Waals surface area (Å²) in [5, 5.41) is 0. The zero-order valence-corrected chi connectivity index (χ0v) is 11.5. The molecule has 2 N–H and O–H groups in total. The molecule has 0 saturated carbocycles. The molecule has 0 amide bonds. The molecular formula is C14H19F2N3O. The summed E-state index contributed by atoms with van der Waals surface area (Å²) >= 11 is 0. The lowest BCUT2D eigenvalue weighted by molar-refractivity contribution is 0.0181.